The van der Waals surface area contributed by atoms with Crippen LogP contribution in [-0.2, 0) is 11.1 Å². The molecule has 1 fully saturated rings. The van der Waals surface area contributed by atoms with Gasteiger partial charge in [0.25, 0.3) is 16.4 Å². The van der Waals surface area contributed by atoms with Gasteiger partial charge in [-0.2, -0.15) is 10.2 Å². The Morgan fingerprint density at radius 2 is 2.08 bits per heavy atom. The van der Waals surface area contributed by atoms with Gasteiger partial charge in [0.15, 0.2) is 0 Å². The highest BCUT2D eigenvalue weighted by Crippen LogP contribution is 2.47. The summed E-state index contributed by atoms with van der Waals surface area (Å²) in [4.78, 5) is 25.8. The topological polar surface area (TPSA) is 85.6 Å². The summed E-state index contributed by atoms with van der Waals surface area (Å²) in [6.07, 6.45) is 4.73. The van der Waals surface area contributed by atoms with Crippen molar-refractivity contribution in [1.82, 2.24) is 9.97 Å². The van der Waals surface area contributed by atoms with E-state index < -0.39 is 0 Å². The van der Waals surface area contributed by atoms with E-state index in [0.29, 0.717) is 34.3 Å². The highest BCUT2D eigenvalue weighted by atomic mass is 35.5. The lowest BCUT2D eigenvalue weighted by Gasteiger charge is -2.51. The van der Waals surface area contributed by atoms with Crippen LogP contribution in [0.15, 0.2) is 30.5 Å². The van der Waals surface area contributed by atoms with Crippen LogP contribution in [0.25, 0.3) is 0 Å². The molecule has 1 aromatic carbocycles. The third-order valence-corrected chi connectivity index (χ3v) is 8.41. The molecule has 1 unspecified atom stereocenters. The number of anilines is 3. The molecule has 189 valence electrons. The standard InChI is InChI=1S/C26H32ClN6O2Si/c1-17-14-19(25(2,3)4)10-11-26(17,5)33(35-36)23-29-15-18-16-32(21-9-7-6-8-20(21)27)24(34)31(13-12-28)22(18)30-23/h6-9,15,17,19H,10-11,13-14,16H2,1-5H3/t17-,19+,26?/m0/s1. The average molecular weight is 524 g/mol. The van der Waals surface area contributed by atoms with Gasteiger partial charge in [-0.15, -0.1) is 0 Å². The number of halogens is 1. The molecule has 1 aliphatic heterocycles. The molecule has 3 atom stereocenters. The van der Waals surface area contributed by atoms with Crippen molar-refractivity contribution in [3.63, 3.8) is 0 Å². The lowest BCUT2D eigenvalue weighted by molar-refractivity contribution is 0.0472. The molecule has 2 heterocycles. The number of fused-ring (bicyclic) bond motifs is 1. The van der Waals surface area contributed by atoms with Crippen LogP contribution in [0, 0.1) is 28.6 Å². The van der Waals surface area contributed by atoms with Crippen molar-refractivity contribution in [2.75, 3.05) is 21.4 Å². The molecule has 0 bridgehead atoms. The van der Waals surface area contributed by atoms with Gasteiger partial charge >= 0.3 is 6.03 Å². The number of carbonyl (C=O) groups is 1. The smallest absolute Gasteiger partial charge is 0.319 e. The summed E-state index contributed by atoms with van der Waals surface area (Å²) in [5, 5.41) is 11.7. The summed E-state index contributed by atoms with van der Waals surface area (Å²) in [7, 11) is 3.26. The summed E-state index contributed by atoms with van der Waals surface area (Å²) in [5.41, 5.74) is 1.17. The van der Waals surface area contributed by atoms with Crippen LogP contribution in [0.3, 0.4) is 0 Å². The number of rotatable bonds is 5. The van der Waals surface area contributed by atoms with Crippen molar-refractivity contribution in [3.8, 4) is 6.07 Å². The second-order valence-corrected chi connectivity index (χ2v) is 11.7. The fourth-order valence-corrected chi connectivity index (χ4v) is 5.88. The van der Waals surface area contributed by atoms with Crippen LogP contribution < -0.4 is 14.9 Å². The fourth-order valence-electron chi connectivity index (χ4n) is 5.35. The Morgan fingerprint density at radius 3 is 2.69 bits per heavy atom. The Labute approximate surface area is 221 Å². The second-order valence-electron chi connectivity index (χ2n) is 11.1. The number of hydrogen-bond acceptors (Lipinski definition) is 6. The maximum atomic E-state index is 13.5. The molecule has 1 aliphatic carbocycles. The first-order valence-electron chi connectivity index (χ1n) is 12.2. The lowest BCUT2D eigenvalue weighted by Crippen LogP contribution is -2.55. The van der Waals surface area contributed by atoms with E-state index in [2.05, 4.69) is 56.2 Å². The van der Waals surface area contributed by atoms with E-state index in [1.807, 2.05) is 12.1 Å². The molecule has 3 radical (unpaired) electrons. The van der Waals surface area contributed by atoms with Crippen molar-refractivity contribution >= 4 is 45.6 Å². The third kappa shape index (κ3) is 4.70. The molecule has 1 aromatic heterocycles. The molecule has 8 nitrogen and oxygen atoms in total. The van der Waals surface area contributed by atoms with Gasteiger partial charge in [0.2, 0.25) is 0 Å². The van der Waals surface area contributed by atoms with Crippen molar-refractivity contribution in [1.29, 1.82) is 5.26 Å². The Hall–Kier alpha value is -2.67. The number of hydroxylamine groups is 1. The molecule has 10 heteroatoms. The van der Waals surface area contributed by atoms with E-state index in [-0.39, 0.29) is 30.1 Å². The molecule has 2 aromatic rings. The number of carbonyl (C=O) groups excluding carboxylic acids is 1. The molecule has 1 saturated carbocycles. The maximum Gasteiger partial charge on any atom is 0.331 e. The number of amides is 2. The van der Waals surface area contributed by atoms with Crippen LogP contribution in [-0.4, -0.2) is 38.6 Å². The van der Waals surface area contributed by atoms with Crippen LogP contribution in [0.5, 0.6) is 0 Å². The largest absolute Gasteiger partial charge is 0.331 e. The first-order valence-corrected chi connectivity index (χ1v) is 13.0. The molecular formula is C26H32ClN6O2Si. The van der Waals surface area contributed by atoms with Crippen LogP contribution in [0.2, 0.25) is 5.02 Å². The normalized spacial score (nSPS) is 24.3. The predicted octanol–water partition coefficient (Wildman–Crippen LogP) is 5.66. The molecule has 36 heavy (non-hydrogen) atoms. The zero-order valence-electron chi connectivity index (χ0n) is 21.5. The van der Waals surface area contributed by atoms with Crippen molar-refractivity contribution in [2.24, 2.45) is 17.3 Å². The number of nitrogens with zero attached hydrogens (tertiary/aromatic N) is 6. The average Bonchev–Trinajstić information content (AvgIpc) is 2.83. The number of hydrogen-bond donors (Lipinski definition) is 0. The third-order valence-electron chi connectivity index (χ3n) is 7.91. The van der Waals surface area contributed by atoms with Gasteiger partial charge in [-0.1, -0.05) is 51.4 Å². The van der Waals surface area contributed by atoms with E-state index in [1.54, 1.807) is 28.3 Å². The SMILES string of the molecule is C[C@H]1C[C@H](C(C)(C)C)CCC1(C)N(O[Si])c1ncc2c(n1)N(CC#N)C(=O)N(c1ccccc1Cl)C2. The first-order chi connectivity index (χ1) is 17.0. The number of urea groups is 1. The summed E-state index contributed by atoms with van der Waals surface area (Å²) >= 11 is 6.38. The Balaban J connectivity index is 1.69. The van der Waals surface area contributed by atoms with Crippen molar-refractivity contribution in [2.45, 2.75) is 66.0 Å². The molecule has 2 aliphatic rings. The summed E-state index contributed by atoms with van der Waals surface area (Å²) in [6, 6.07) is 8.86. The summed E-state index contributed by atoms with van der Waals surface area (Å²) in [5.74, 6) is 1.66. The summed E-state index contributed by atoms with van der Waals surface area (Å²) in [6.45, 7) is 11.4. The van der Waals surface area contributed by atoms with Crippen molar-refractivity contribution < 1.29 is 9.32 Å². The van der Waals surface area contributed by atoms with E-state index in [4.69, 9.17) is 21.1 Å². The van der Waals surface area contributed by atoms with Crippen molar-refractivity contribution in [3.05, 3.63) is 41.0 Å². The predicted molar refractivity (Wildman–Crippen MR) is 142 cm³/mol. The zero-order valence-corrected chi connectivity index (χ0v) is 23.2. The van der Waals surface area contributed by atoms with Gasteiger partial charge in [0, 0.05) is 11.8 Å². The van der Waals surface area contributed by atoms with Gasteiger partial charge in [-0.25, -0.2) is 14.8 Å². The van der Waals surface area contributed by atoms with E-state index in [0.717, 1.165) is 24.8 Å². The Bertz CT molecular complexity index is 1180. The quantitative estimate of drug-likeness (QED) is 0.285. The molecule has 0 spiro atoms. The molecular weight excluding hydrogens is 492 g/mol. The molecule has 2 amide bonds. The lowest BCUT2D eigenvalue weighted by atomic mass is 9.63. The minimum atomic E-state index is -0.363. The van der Waals surface area contributed by atoms with E-state index >= 15 is 0 Å². The van der Waals surface area contributed by atoms with Crippen LogP contribution >= 0.6 is 11.6 Å². The Morgan fingerprint density at radius 1 is 1.36 bits per heavy atom. The number of aromatic nitrogens is 2. The van der Waals surface area contributed by atoms with Gasteiger partial charge in [0.1, 0.15) is 12.4 Å². The highest BCUT2D eigenvalue weighted by molar-refractivity contribution is 6.34. The van der Waals surface area contributed by atoms with Gasteiger partial charge in [-0.05, 0) is 55.6 Å². The second kappa shape index (κ2) is 10.00. The van der Waals surface area contributed by atoms with E-state index in [9.17, 15) is 10.1 Å². The maximum absolute atomic E-state index is 13.5. The number of benzene rings is 1. The zero-order chi connectivity index (χ0) is 26.3. The van der Waals surface area contributed by atoms with Crippen LogP contribution in [0.1, 0.15) is 59.4 Å². The minimum absolute atomic E-state index is 0.154. The van der Waals surface area contributed by atoms with Gasteiger partial charge < -0.3 is 4.53 Å². The van der Waals surface area contributed by atoms with Gasteiger partial charge in [0.05, 0.1) is 28.9 Å². The van der Waals surface area contributed by atoms with E-state index in [1.165, 1.54) is 4.90 Å². The number of nitriles is 1. The highest BCUT2D eigenvalue weighted by Gasteiger charge is 2.46. The number of para-hydroxylation sites is 1. The molecule has 4 rings (SSSR count). The monoisotopic (exact) mass is 523 g/mol. The van der Waals surface area contributed by atoms with Gasteiger partial charge in [-0.3, -0.25) is 9.80 Å². The molecule has 0 N–H and O–H groups in total. The Kier molecular flexibility index (Phi) is 7.33. The summed E-state index contributed by atoms with van der Waals surface area (Å²) < 4.78 is 5.71. The minimum Gasteiger partial charge on any atom is -0.319 e. The molecule has 0 saturated heterocycles. The fraction of sp³-hybridized carbons (Fsp3) is 0.538. The first kappa shape index (κ1) is 26.4. The van der Waals surface area contributed by atoms with Crippen LogP contribution in [0.4, 0.5) is 22.2 Å².